The lowest BCUT2D eigenvalue weighted by molar-refractivity contribution is -0.884. The molecule has 2 fully saturated rings. The summed E-state index contributed by atoms with van der Waals surface area (Å²) in [6.45, 7) is 4.23. The SMILES string of the molecule is CC1CCC(C(=O)N(c2cc(-c3ccc(Cl)cc3)sc2C(=O)O)C2CC[NH+](C)CC2)CC1.[Cl-]. The second-order valence-electron chi connectivity index (χ2n) is 9.49. The van der Waals surface area contributed by atoms with E-state index < -0.39 is 5.97 Å². The number of nitrogens with one attached hydrogen (secondary N) is 1. The van der Waals surface area contributed by atoms with E-state index in [0.717, 1.165) is 62.1 Å². The molecule has 33 heavy (non-hydrogen) atoms. The zero-order chi connectivity index (χ0) is 22.8. The molecule has 2 aromatic rings. The average molecular weight is 512 g/mol. The van der Waals surface area contributed by atoms with Gasteiger partial charge in [-0.15, -0.1) is 11.3 Å². The maximum absolute atomic E-state index is 13.9. The van der Waals surface area contributed by atoms with E-state index in [1.807, 2.05) is 35.2 Å². The standard InChI is InChI=1S/C25H31ClN2O3S.ClH/c1-16-3-5-18(6-4-16)24(29)28(20-11-13-27(2)14-12-20)21-15-22(32-23(21)25(30)31)17-7-9-19(26)10-8-17;/h7-10,15-16,18,20H,3-6,11-14H2,1-2H3,(H,30,31);1H. The molecule has 1 aliphatic carbocycles. The van der Waals surface area contributed by atoms with Gasteiger partial charge in [-0.05, 0) is 55.4 Å². The molecule has 2 aliphatic rings. The number of likely N-dealkylation sites (tertiary alicyclic amines) is 1. The van der Waals surface area contributed by atoms with Crippen molar-refractivity contribution in [3.05, 3.63) is 40.2 Å². The lowest BCUT2D eigenvalue weighted by Gasteiger charge is -2.38. The minimum absolute atomic E-state index is 0. The first-order valence-electron chi connectivity index (χ1n) is 11.6. The Labute approximate surface area is 211 Å². The van der Waals surface area contributed by atoms with E-state index in [9.17, 15) is 14.7 Å². The van der Waals surface area contributed by atoms with Gasteiger partial charge >= 0.3 is 5.97 Å². The van der Waals surface area contributed by atoms with Crippen LogP contribution in [0.4, 0.5) is 5.69 Å². The maximum atomic E-state index is 13.9. The van der Waals surface area contributed by atoms with Crippen LogP contribution in [-0.4, -0.2) is 43.2 Å². The van der Waals surface area contributed by atoms with E-state index in [1.54, 1.807) is 0 Å². The molecule has 1 saturated heterocycles. The number of carboxylic acids is 1. The smallest absolute Gasteiger partial charge is 0.348 e. The average Bonchev–Trinajstić information content (AvgIpc) is 3.21. The van der Waals surface area contributed by atoms with Gasteiger partial charge in [-0.2, -0.15) is 0 Å². The summed E-state index contributed by atoms with van der Waals surface area (Å²) in [5.41, 5.74) is 1.49. The van der Waals surface area contributed by atoms with Gasteiger partial charge in [0.25, 0.3) is 0 Å². The fourth-order valence-electron chi connectivity index (χ4n) is 5.02. The lowest BCUT2D eigenvalue weighted by atomic mass is 9.82. The Morgan fingerprint density at radius 1 is 1.06 bits per heavy atom. The fourth-order valence-corrected chi connectivity index (χ4v) is 6.14. The number of carbonyl (C=O) groups is 2. The number of anilines is 1. The minimum Gasteiger partial charge on any atom is -1.00 e. The Morgan fingerprint density at radius 3 is 2.24 bits per heavy atom. The summed E-state index contributed by atoms with van der Waals surface area (Å²) in [6.07, 6.45) is 5.70. The van der Waals surface area contributed by atoms with Gasteiger partial charge in [-0.25, -0.2) is 4.79 Å². The number of carboxylic acid groups (broad SMARTS) is 1. The molecule has 8 heteroatoms. The van der Waals surface area contributed by atoms with E-state index >= 15 is 0 Å². The number of aromatic carboxylic acids is 1. The zero-order valence-corrected chi connectivity index (χ0v) is 21.5. The normalized spacial score (nSPS) is 25.2. The topological polar surface area (TPSA) is 62.0 Å². The van der Waals surface area contributed by atoms with Crippen molar-refractivity contribution >= 4 is 40.5 Å². The summed E-state index contributed by atoms with van der Waals surface area (Å²) in [6, 6.07) is 9.38. The second-order valence-corrected chi connectivity index (χ2v) is 11.0. The van der Waals surface area contributed by atoms with Gasteiger partial charge in [0.2, 0.25) is 5.91 Å². The maximum Gasteiger partial charge on any atom is 0.348 e. The summed E-state index contributed by atoms with van der Waals surface area (Å²) in [7, 11) is 2.18. The molecule has 0 radical (unpaired) electrons. The first kappa shape index (κ1) is 26.0. The van der Waals surface area contributed by atoms with Crippen molar-refractivity contribution in [2.24, 2.45) is 11.8 Å². The van der Waals surface area contributed by atoms with Gasteiger partial charge in [0, 0.05) is 34.7 Å². The number of piperidine rings is 1. The van der Waals surface area contributed by atoms with Crippen LogP contribution in [0.15, 0.2) is 30.3 Å². The van der Waals surface area contributed by atoms with E-state index in [0.29, 0.717) is 16.6 Å². The fraction of sp³-hybridized carbons (Fsp3) is 0.520. The minimum atomic E-state index is -0.973. The molecule has 1 amide bonds. The summed E-state index contributed by atoms with van der Waals surface area (Å²) in [5.74, 6) is -0.214. The Morgan fingerprint density at radius 2 is 1.67 bits per heavy atom. The van der Waals surface area contributed by atoms with Gasteiger partial charge in [0.1, 0.15) is 4.88 Å². The van der Waals surface area contributed by atoms with Crippen molar-refractivity contribution in [2.45, 2.75) is 51.5 Å². The predicted molar refractivity (Wildman–Crippen MR) is 130 cm³/mol. The highest BCUT2D eigenvalue weighted by molar-refractivity contribution is 7.18. The lowest BCUT2D eigenvalue weighted by Crippen LogP contribution is -3.10. The molecule has 4 rings (SSSR count). The van der Waals surface area contributed by atoms with Crippen LogP contribution in [0.1, 0.15) is 55.1 Å². The van der Waals surface area contributed by atoms with Crippen LogP contribution in [0, 0.1) is 11.8 Å². The molecule has 1 aliphatic heterocycles. The highest BCUT2D eigenvalue weighted by atomic mass is 35.5. The van der Waals surface area contributed by atoms with E-state index in [-0.39, 0.29) is 35.2 Å². The van der Waals surface area contributed by atoms with Crippen LogP contribution in [-0.2, 0) is 4.79 Å². The molecule has 180 valence electrons. The largest absolute Gasteiger partial charge is 1.00 e. The summed E-state index contributed by atoms with van der Waals surface area (Å²) in [5, 5.41) is 10.7. The molecular weight excluding hydrogens is 479 g/mol. The van der Waals surface area contributed by atoms with Gasteiger partial charge in [0.05, 0.1) is 25.8 Å². The molecule has 1 saturated carbocycles. The first-order valence-corrected chi connectivity index (χ1v) is 12.8. The van der Waals surface area contributed by atoms with Crippen LogP contribution in [0.2, 0.25) is 5.02 Å². The molecular formula is C25H32Cl2N2O3S. The molecule has 0 atom stereocenters. The van der Waals surface area contributed by atoms with Gasteiger partial charge < -0.3 is 27.3 Å². The van der Waals surface area contributed by atoms with Crippen molar-refractivity contribution in [2.75, 3.05) is 25.0 Å². The number of quaternary nitrogens is 1. The molecule has 1 aromatic carbocycles. The van der Waals surface area contributed by atoms with Crippen LogP contribution >= 0.6 is 22.9 Å². The number of benzene rings is 1. The third-order valence-corrected chi connectivity index (χ3v) is 8.48. The van der Waals surface area contributed by atoms with Gasteiger partial charge in [-0.1, -0.05) is 30.7 Å². The molecule has 0 bridgehead atoms. The van der Waals surface area contributed by atoms with Crippen molar-refractivity contribution in [3.8, 4) is 10.4 Å². The molecule has 5 nitrogen and oxygen atoms in total. The Balaban J connectivity index is 0.00000306. The third kappa shape index (κ3) is 5.91. The highest BCUT2D eigenvalue weighted by Crippen LogP contribution is 2.40. The number of halogens is 2. The Kier molecular flexibility index (Phi) is 8.84. The molecule has 2 N–H and O–H groups in total. The Hall–Kier alpha value is -1.60. The molecule has 0 spiro atoms. The van der Waals surface area contributed by atoms with Crippen molar-refractivity contribution < 1.29 is 32.0 Å². The van der Waals surface area contributed by atoms with Crippen molar-refractivity contribution in [1.29, 1.82) is 0 Å². The predicted octanol–water partition coefficient (Wildman–Crippen LogP) is 1.61. The zero-order valence-electron chi connectivity index (χ0n) is 19.2. The number of carbonyl (C=O) groups excluding carboxylic acids is 1. The monoisotopic (exact) mass is 510 g/mol. The van der Waals surface area contributed by atoms with Crippen LogP contribution in [0.25, 0.3) is 10.4 Å². The van der Waals surface area contributed by atoms with Crippen LogP contribution < -0.4 is 22.2 Å². The number of nitrogens with zero attached hydrogens (tertiary/aromatic N) is 1. The quantitative estimate of drug-likeness (QED) is 0.642. The number of hydrogen-bond acceptors (Lipinski definition) is 3. The molecule has 0 unspecified atom stereocenters. The number of thiophene rings is 1. The van der Waals surface area contributed by atoms with Crippen molar-refractivity contribution in [1.82, 2.24) is 0 Å². The summed E-state index contributed by atoms with van der Waals surface area (Å²) in [4.78, 5) is 30.6. The summed E-state index contributed by atoms with van der Waals surface area (Å²) >= 11 is 7.28. The van der Waals surface area contributed by atoms with Crippen LogP contribution in [0.3, 0.4) is 0 Å². The van der Waals surface area contributed by atoms with E-state index in [4.69, 9.17) is 11.6 Å². The number of rotatable bonds is 5. The third-order valence-electron chi connectivity index (χ3n) is 7.07. The van der Waals surface area contributed by atoms with E-state index in [2.05, 4.69) is 14.0 Å². The van der Waals surface area contributed by atoms with Gasteiger partial charge in [-0.3, -0.25) is 4.79 Å². The van der Waals surface area contributed by atoms with Crippen LogP contribution in [0.5, 0.6) is 0 Å². The summed E-state index contributed by atoms with van der Waals surface area (Å²) < 4.78 is 0. The van der Waals surface area contributed by atoms with Crippen molar-refractivity contribution in [3.63, 3.8) is 0 Å². The number of hydrogen-bond donors (Lipinski definition) is 2. The first-order chi connectivity index (χ1) is 15.3. The Bertz CT molecular complexity index is 963. The second kappa shape index (κ2) is 11.2. The molecule has 1 aromatic heterocycles. The highest BCUT2D eigenvalue weighted by Gasteiger charge is 2.37. The number of amides is 1. The van der Waals surface area contributed by atoms with E-state index in [1.165, 1.54) is 16.2 Å². The van der Waals surface area contributed by atoms with Gasteiger partial charge in [0.15, 0.2) is 0 Å². The molecule has 2 heterocycles.